The standard InChI is InChI=1S/C25H35N7/c1-3-17-32(2)18-4-6-20-7-10-22(11-8-20)30-25-28-16-13-23(31-25)21-9-12-24(29-19-21)27-15-5-14-26/h7-13,16,19H,3-6,14-15,17-18,26H2,1-2H3,(H,27,29)(H,28,30,31). The molecule has 0 amide bonds. The Morgan fingerprint density at radius 3 is 2.53 bits per heavy atom. The van der Waals surface area contributed by atoms with Gasteiger partial charge in [0.1, 0.15) is 5.82 Å². The fourth-order valence-corrected chi connectivity index (χ4v) is 3.48. The molecule has 0 unspecified atom stereocenters. The SMILES string of the molecule is CCCN(C)CCCc1ccc(Nc2nccc(-c3ccc(NCCCN)nc3)n2)cc1. The van der Waals surface area contributed by atoms with Crippen molar-refractivity contribution in [1.82, 2.24) is 19.9 Å². The summed E-state index contributed by atoms with van der Waals surface area (Å²) in [6, 6.07) is 14.4. The van der Waals surface area contributed by atoms with Gasteiger partial charge < -0.3 is 21.3 Å². The maximum atomic E-state index is 5.53. The van der Waals surface area contributed by atoms with Gasteiger partial charge in [-0.15, -0.1) is 0 Å². The molecular weight excluding hydrogens is 398 g/mol. The van der Waals surface area contributed by atoms with E-state index in [0.29, 0.717) is 12.5 Å². The molecule has 0 atom stereocenters. The number of nitrogens with one attached hydrogen (secondary N) is 2. The van der Waals surface area contributed by atoms with Crippen molar-refractivity contribution in [2.75, 3.05) is 43.9 Å². The van der Waals surface area contributed by atoms with Crippen LogP contribution in [0.25, 0.3) is 11.3 Å². The van der Waals surface area contributed by atoms with Crippen LogP contribution in [0.5, 0.6) is 0 Å². The first-order valence-corrected chi connectivity index (χ1v) is 11.5. The van der Waals surface area contributed by atoms with Crippen LogP contribution >= 0.6 is 0 Å². The van der Waals surface area contributed by atoms with Crippen LogP contribution in [-0.2, 0) is 6.42 Å². The van der Waals surface area contributed by atoms with Crippen LogP contribution in [0.4, 0.5) is 17.5 Å². The molecule has 4 N–H and O–H groups in total. The first-order chi connectivity index (χ1) is 15.7. The fourth-order valence-electron chi connectivity index (χ4n) is 3.48. The van der Waals surface area contributed by atoms with E-state index in [2.05, 4.69) is 68.7 Å². The summed E-state index contributed by atoms with van der Waals surface area (Å²) in [5.41, 5.74) is 9.63. The zero-order valence-electron chi connectivity index (χ0n) is 19.2. The molecule has 0 aliphatic heterocycles. The second kappa shape index (κ2) is 12.7. The molecule has 0 radical (unpaired) electrons. The third-order valence-electron chi connectivity index (χ3n) is 5.22. The van der Waals surface area contributed by atoms with E-state index in [9.17, 15) is 0 Å². The van der Waals surface area contributed by atoms with E-state index in [4.69, 9.17) is 5.73 Å². The Kier molecular flexibility index (Phi) is 9.40. The molecule has 170 valence electrons. The number of nitrogens with zero attached hydrogens (tertiary/aromatic N) is 4. The number of anilines is 3. The van der Waals surface area contributed by atoms with E-state index in [1.165, 1.54) is 18.4 Å². The highest BCUT2D eigenvalue weighted by Crippen LogP contribution is 2.20. The zero-order chi connectivity index (χ0) is 22.6. The van der Waals surface area contributed by atoms with E-state index in [1.54, 1.807) is 6.20 Å². The average molecular weight is 434 g/mol. The van der Waals surface area contributed by atoms with Crippen molar-refractivity contribution < 1.29 is 0 Å². The van der Waals surface area contributed by atoms with Gasteiger partial charge in [0.15, 0.2) is 0 Å². The summed E-state index contributed by atoms with van der Waals surface area (Å²) in [5.74, 6) is 1.41. The molecule has 0 bridgehead atoms. The summed E-state index contributed by atoms with van der Waals surface area (Å²) in [6.07, 6.45) is 7.97. The van der Waals surface area contributed by atoms with Gasteiger partial charge in [0.2, 0.25) is 5.95 Å². The minimum atomic E-state index is 0.571. The van der Waals surface area contributed by atoms with Crippen molar-refractivity contribution in [2.45, 2.75) is 32.6 Å². The molecule has 0 fully saturated rings. The molecule has 3 aromatic rings. The van der Waals surface area contributed by atoms with Crippen LogP contribution in [0, 0.1) is 0 Å². The molecule has 0 saturated heterocycles. The van der Waals surface area contributed by atoms with Crippen LogP contribution in [0.1, 0.15) is 31.7 Å². The summed E-state index contributed by atoms with van der Waals surface area (Å²) in [5, 5.41) is 6.56. The maximum Gasteiger partial charge on any atom is 0.227 e. The van der Waals surface area contributed by atoms with Gasteiger partial charge in [-0.2, -0.15) is 0 Å². The fraction of sp³-hybridized carbons (Fsp3) is 0.400. The quantitative estimate of drug-likeness (QED) is 0.346. The third kappa shape index (κ3) is 7.59. The number of pyridine rings is 1. The minimum absolute atomic E-state index is 0.571. The lowest BCUT2D eigenvalue weighted by molar-refractivity contribution is 0.330. The number of benzene rings is 1. The predicted molar refractivity (Wildman–Crippen MR) is 133 cm³/mol. The number of nitrogens with two attached hydrogens (primary N) is 1. The molecule has 0 saturated carbocycles. The lowest BCUT2D eigenvalue weighted by atomic mass is 10.1. The molecular formula is C25H35N7. The molecule has 2 aromatic heterocycles. The summed E-state index contributed by atoms with van der Waals surface area (Å²) in [6.45, 7) is 6.00. The predicted octanol–water partition coefficient (Wildman–Crippen LogP) is 4.32. The Hall–Kier alpha value is -3.03. The lowest BCUT2D eigenvalue weighted by Gasteiger charge is -2.15. The van der Waals surface area contributed by atoms with Gasteiger partial charge in [-0.05, 0) is 88.3 Å². The zero-order valence-corrected chi connectivity index (χ0v) is 19.2. The molecule has 0 aliphatic carbocycles. The van der Waals surface area contributed by atoms with E-state index in [1.807, 2.05) is 24.4 Å². The number of hydrogen-bond acceptors (Lipinski definition) is 7. The highest BCUT2D eigenvalue weighted by atomic mass is 15.1. The molecule has 32 heavy (non-hydrogen) atoms. The highest BCUT2D eigenvalue weighted by molar-refractivity contribution is 5.62. The number of rotatable bonds is 13. The van der Waals surface area contributed by atoms with Crippen LogP contribution in [-0.4, -0.2) is 53.1 Å². The largest absolute Gasteiger partial charge is 0.370 e. The second-order valence-corrected chi connectivity index (χ2v) is 8.00. The molecule has 7 heteroatoms. The van der Waals surface area contributed by atoms with Crippen LogP contribution in [0.15, 0.2) is 54.9 Å². The molecule has 0 spiro atoms. The lowest BCUT2D eigenvalue weighted by Crippen LogP contribution is -2.20. The van der Waals surface area contributed by atoms with Crippen LogP contribution < -0.4 is 16.4 Å². The molecule has 3 rings (SSSR count). The van der Waals surface area contributed by atoms with Crippen molar-refractivity contribution in [3.05, 3.63) is 60.4 Å². The third-order valence-corrected chi connectivity index (χ3v) is 5.22. The first-order valence-electron chi connectivity index (χ1n) is 11.5. The first kappa shape index (κ1) is 23.6. The van der Waals surface area contributed by atoms with Crippen molar-refractivity contribution in [2.24, 2.45) is 5.73 Å². The maximum absolute atomic E-state index is 5.53. The second-order valence-electron chi connectivity index (χ2n) is 8.00. The Bertz CT molecular complexity index is 926. The molecule has 2 heterocycles. The Morgan fingerprint density at radius 1 is 0.969 bits per heavy atom. The van der Waals surface area contributed by atoms with Crippen molar-refractivity contribution in [3.8, 4) is 11.3 Å². The van der Waals surface area contributed by atoms with Crippen molar-refractivity contribution in [1.29, 1.82) is 0 Å². The molecule has 0 aliphatic rings. The topological polar surface area (TPSA) is 92.0 Å². The van der Waals surface area contributed by atoms with Gasteiger partial charge in [0, 0.05) is 30.2 Å². The van der Waals surface area contributed by atoms with E-state index in [0.717, 1.165) is 55.2 Å². The Balaban J connectivity index is 1.55. The minimum Gasteiger partial charge on any atom is -0.370 e. The van der Waals surface area contributed by atoms with Gasteiger partial charge in [0.05, 0.1) is 5.69 Å². The monoisotopic (exact) mass is 433 g/mol. The molecule has 7 nitrogen and oxygen atoms in total. The van der Waals surface area contributed by atoms with Crippen LogP contribution in [0.2, 0.25) is 0 Å². The summed E-state index contributed by atoms with van der Waals surface area (Å²) in [4.78, 5) is 15.9. The number of hydrogen-bond donors (Lipinski definition) is 3. The van der Waals surface area contributed by atoms with E-state index < -0.39 is 0 Å². The average Bonchev–Trinajstić information content (AvgIpc) is 2.81. The Labute approximate surface area is 191 Å². The van der Waals surface area contributed by atoms with Gasteiger partial charge in [-0.25, -0.2) is 15.0 Å². The summed E-state index contributed by atoms with van der Waals surface area (Å²) < 4.78 is 0. The van der Waals surface area contributed by atoms with E-state index >= 15 is 0 Å². The number of aromatic nitrogens is 3. The van der Waals surface area contributed by atoms with Crippen molar-refractivity contribution >= 4 is 17.5 Å². The van der Waals surface area contributed by atoms with Gasteiger partial charge >= 0.3 is 0 Å². The summed E-state index contributed by atoms with van der Waals surface area (Å²) >= 11 is 0. The molecule has 1 aromatic carbocycles. The van der Waals surface area contributed by atoms with Gasteiger partial charge in [-0.1, -0.05) is 19.1 Å². The number of aryl methyl sites for hydroxylation is 1. The summed E-state index contributed by atoms with van der Waals surface area (Å²) in [7, 11) is 2.19. The van der Waals surface area contributed by atoms with E-state index in [-0.39, 0.29) is 0 Å². The van der Waals surface area contributed by atoms with Gasteiger partial charge in [0.25, 0.3) is 0 Å². The Morgan fingerprint density at radius 2 is 1.81 bits per heavy atom. The van der Waals surface area contributed by atoms with Crippen LogP contribution in [0.3, 0.4) is 0 Å². The highest BCUT2D eigenvalue weighted by Gasteiger charge is 2.05. The van der Waals surface area contributed by atoms with Gasteiger partial charge in [-0.3, -0.25) is 0 Å². The van der Waals surface area contributed by atoms with Crippen molar-refractivity contribution in [3.63, 3.8) is 0 Å². The smallest absolute Gasteiger partial charge is 0.227 e. The normalized spacial score (nSPS) is 11.0.